The summed E-state index contributed by atoms with van der Waals surface area (Å²) in [5.74, 6) is -0.860. The number of ether oxygens (including phenoxy) is 2. The van der Waals surface area contributed by atoms with Gasteiger partial charge in [0.25, 0.3) is 0 Å². The standard InChI is InChI=1S/C51H88NO8P/c1-3-5-7-9-11-13-15-17-19-21-23-24-26-28-30-32-34-36-38-40-42-44-51(54)60-49(48-59-61(55,56)58-46-45-52)47-57-50(53)43-41-39-37-35-33-31-29-27-25-22-20-18-16-14-12-10-8-6-4-2/h5,7,11-14,17-20,23-24,28,30,49H,3-4,6,8-10,15-16,21-22,25-27,29,31-48,52H2,1-2H3,(H,55,56)/b7-5-,13-11-,14-12-,19-17-,20-18-,24-23-,30-28-. The molecular weight excluding hydrogens is 786 g/mol. The first-order chi connectivity index (χ1) is 29.8. The summed E-state index contributed by atoms with van der Waals surface area (Å²) in [5, 5.41) is 0. The molecule has 0 aromatic heterocycles. The van der Waals surface area contributed by atoms with Crippen LogP contribution in [0.2, 0.25) is 0 Å². The maximum absolute atomic E-state index is 12.6. The summed E-state index contributed by atoms with van der Waals surface area (Å²) in [6.45, 7) is 3.56. The van der Waals surface area contributed by atoms with Crippen LogP contribution in [0.15, 0.2) is 85.1 Å². The molecule has 3 N–H and O–H groups in total. The van der Waals surface area contributed by atoms with Crippen LogP contribution in [-0.2, 0) is 32.7 Å². The summed E-state index contributed by atoms with van der Waals surface area (Å²) in [6, 6.07) is 0. The van der Waals surface area contributed by atoms with Crippen molar-refractivity contribution in [2.45, 2.75) is 200 Å². The summed E-state index contributed by atoms with van der Waals surface area (Å²) in [7, 11) is -4.39. The number of hydrogen-bond acceptors (Lipinski definition) is 8. The third kappa shape index (κ3) is 46.5. The van der Waals surface area contributed by atoms with E-state index in [0.717, 1.165) is 103 Å². The summed E-state index contributed by atoms with van der Waals surface area (Å²) in [6.07, 6.45) is 58.9. The molecule has 0 amide bonds. The second-order valence-corrected chi connectivity index (χ2v) is 17.0. The molecule has 0 aromatic rings. The minimum Gasteiger partial charge on any atom is -0.462 e. The van der Waals surface area contributed by atoms with Crippen molar-refractivity contribution in [2.24, 2.45) is 5.73 Å². The molecule has 0 bridgehead atoms. The number of unbranched alkanes of at least 4 members (excludes halogenated alkanes) is 17. The van der Waals surface area contributed by atoms with Crippen LogP contribution < -0.4 is 5.73 Å². The van der Waals surface area contributed by atoms with Crippen molar-refractivity contribution < 1.29 is 37.6 Å². The number of rotatable bonds is 44. The lowest BCUT2D eigenvalue weighted by Crippen LogP contribution is -2.29. The Morgan fingerprint density at radius 2 is 0.902 bits per heavy atom. The van der Waals surface area contributed by atoms with E-state index >= 15 is 0 Å². The highest BCUT2D eigenvalue weighted by molar-refractivity contribution is 7.47. The van der Waals surface area contributed by atoms with Gasteiger partial charge in [-0.3, -0.25) is 18.6 Å². The van der Waals surface area contributed by atoms with Gasteiger partial charge in [-0.05, 0) is 89.9 Å². The van der Waals surface area contributed by atoms with Gasteiger partial charge in [0.2, 0.25) is 0 Å². The predicted octanol–water partition coefficient (Wildman–Crippen LogP) is 14.4. The molecule has 0 aromatic carbocycles. The first-order valence-corrected chi connectivity index (χ1v) is 25.6. The topological polar surface area (TPSA) is 134 Å². The average molecular weight is 874 g/mol. The van der Waals surface area contributed by atoms with E-state index in [-0.39, 0.29) is 32.6 Å². The van der Waals surface area contributed by atoms with E-state index in [1.54, 1.807) is 0 Å². The molecule has 61 heavy (non-hydrogen) atoms. The van der Waals surface area contributed by atoms with Crippen LogP contribution in [0.5, 0.6) is 0 Å². The van der Waals surface area contributed by atoms with Gasteiger partial charge in [-0.1, -0.05) is 176 Å². The Hall–Kier alpha value is -2.81. The Morgan fingerprint density at radius 1 is 0.508 bits per heavy atom. The van der Waals surface area contributed by atoms with Gasteiger partial charge in [-0.25, -0.2) is 4.57 Å². The van der Waals surface area contributed by atoms with Crippen molar-refractivity contribution in [3.05, 3.63) is 85.1 Å². The van der Waals surface area contributed by atoms with Gasteiger partial charge in [0, 0.05) is 19.4 Å². The molecule has 0 radical (unpaired) electrons. The van der Waals surface area contributed by atoms with Gasteiger partial charge in [-0.2, -0.15) is 0 Å². The first kappa shape index (κ1) is 58.2. The SMILES string of the molecule is CC/C=C\C/C=C\C/C=C\C/C=C\C/C=C\CCCCCCCC(=O)OC(COC(=O)CCCCCCCCCCC/C=C\C/C=C\CCCCC)COP(=O)(O)OCCN. The van der Waals surface area contributed by atoms with E-state index in [9.17, 15) is 19.0 Å². The molecule has 2 unspecified atom stereocenters. The lowest BCUT2D eigenvalue weighted by molar-refractivity contribution is -0.161. The highest BCUT2D eigenvalue weighted by atomic mass is 31.2. The zero-order chi connectivity index (χ0) is 44.6. The van der Waals surface area contributed by atoms with Crippen molar-refractivity contribution in [1.29, 1.82) is 0 Å². The van der Waals surface area contributed by atoms with E-state index in [0.29, 0.717) is 6.42 Å². The maximum atomic E-state index is 12.6. The Labute approximate surface area is 373 Å². The number of hydrogen-bond donors (Lipinski definition) is 2. The van der Waals surface area contributed by atoms with E-state index < -0.39 is 32.5 Å². The van der Waals surface area contributed by atoms with Gasteiger partial charge in [0.15, 0.2) is 6.10 Å². The fraction of sp³-hybridized carbons (Fsp3) is 0.686. The largest absolute Gasteiger partial charge is 0.472 e. The van der Waals surface area contributed by atoms with Gasteiger partial charge in [-0.15, -0.1) is 0 Å². The Kier molecular flexibility index (Phi) is 44.5. The van der Waals surface area contributed by atoms with Gasteiger partial charge >= 0.3 is 19.8 Å². The van der Waals surface area contributed by atoms with Gasteiger partial charge in [0.05, 0.1) is 13.2 Å². The molecule has 0 rings (SSSR count). The van der Waals surface area contributed by atoms with Crippen molar-refractivity contribution in [2.75, 3.05) is 26.4 Å². The van der Waals surface area contributed by atoms with Crippen LogP contribution in [0.25, 0.3) is 0 Å². The zero-order valence-corrected chi connectivity index (χ0v) is 39.5. The number of phosphoric acid groups is 1. The van der Waals surface area contributed by atoms with Gasteiger partial charge < -0.3 is 20.1 Å². The molecule has 0 aliphatic rings. The summed E-state index contributed by atoms with van der Waals surface area (Å²) in [5.41, 5.74) is 5.36. The Bertz CT molecular complexity index is 1270. The van der Waals surface area contributed by atoms with Crippen molar-refractivity contribution in [3.8, 4) is 0 Å². The maximum Gasteiger partial charge on any atom is 0.472 e. The van der Waals surface area contributed by atoms with E-state index in [1.807, 2.05) is 0 Å². The number of allylic oxidation sites excluding steroid dienone is 14. The number of carbonyl (C=O) groups excluding carboxylic acids is 2. The monoisotopic (exact) mass is 874 g/mol. The fourth-order valence-electron chi connectivity index (χ4n) is 6.22. The predicted molar refractivity (Wildman–Crippen MR) is 256 cm³/mol. The fourth-order valence-corrected chi connectivity index (χ4v) is 6.99. The molecule has 0 aliphatic heterocycles. The minimum atomic E-state index is -4.39. The average Bonchev–Trinajstić information content (AvgIpc) is 3.25. The zero-order valence-electron chi connectivity index (χ0n) is 38.6. The van der Waals surface area contributed by atoms with Crippen molar-refractivity contribution in [1.82, 2.24) is 0 Å². The molecule has 10 heteroatoms. The van der Waals surface area contributed by atoms with Crippen molar-refractivity contribution >= 4 is 19.8 Å². The summed E-state index contributed by atoms with van der Waals surface area (Å²) >= 11 is 0. The second-order valence-electron chi connectivity index (χ2n) is 15.6. The summed E-state index contributed by atoms with van der Waals surface area (Å²) in [4.78, 5) is 35.0. The Morgan fingerprint density at radius 3 is 1.34 bits per heavy atom. The molecular formula is C51H88NO8P. The molecule has 9 nitrogen and oxygen atoms in total. The van der Waals surface area contributed by atoms with Crippen LogP contribution in [-0.4, -0.2) is 49.3 Å². The molecule has 0 saturated heterocycles. The van der Waals surface area contributed by atoms with E-state index in [2.05, 4.69) is 98.9 Å². The van der Waals surface area contributed by atoms with Crippen molar-refractivity contribution in [3.63, 3.8) is 0 Å². The Balaban J connectivity index is 4.16. The third-order valence-corrected chi connectivity index (χ3v) is 10.7. The minimum absolute atomic E-state index is 0.0449. The first-order valence-electron chi connectivity index (χ1n) is 24.1. The van der Waals surface area contributed by atoms with Crippen LogP contribution >= 0.6 is 7.82 Å². The molecule has 0 aliphatic carbocycles. The quantitative estimate of drug-likeness (QED) is 0.0265. The lowest BCUT2D eigenvalue weighted by atomic mass is 10.1. The van der Waals surface area contributed by atoms with E-state index in [4.69, 9.17) is 24.3 Å². The molecule has 0 saturated carbocycles. The molecule has 2 atom stereocenters. The number of nitrogens with two attached hydrogens (primary N) is 1. The highest BCUT2D eigenvalue weighted by Crippen LogP contribution is 2.43. The molecule has 0 heterocycles. The van der Waals surface area contributed by atoms with Crippen LogP contribution in [0.4, 0.5) is 0 Å². The van der Waals surface area contributed by atoms with E-state index in [1.165, 1.54) is 57.8 Å². The number of phosphoric ester groups is 1. The smallest absolute Gasteiger partial charge is 0.462 e. The van der Waals surface area contributed by atoms with Gasteiger partial charge in [0.1, 0.15) is 6.61 Å². The normalized spacial score (nSPS) is 14.0. The highest BCUT2D eigenvalue weighted by Gasteiger charge is 2.26. The van der Waals surface area contributed by atoms with Crippen LogP contribution in [0.3, 0.4) is 0 Å². The molecule has 0 spiro atoms. The number of esters is 2. The number of carbonyl (C=O) groups is 2. The molecule has 350 valence electrons. The second kappa shape index (κ2) is 46.7. The lowest BCUT2D eigenvalue weighted by Gasteiger charge is -2.19. The summed E-state index contributed by atoms with van der Waals surface area (Å²) < 4.78 is 32.9. The molecule has 0 fully saturated rings. The van der Waals surface area contributed by atoms with Crippen LogP contribution in [0, 0.1) is 0 Å². The third-order valence-electron chi connectivity index (χ3n) is 9.77. The van der Waals surface area contributed by atoms with Crippen LogP contribution in [0.1, 0.15) is 194 Å².